The van der Waals surface area contributed by atoms with Crippen LogP contribution >= 0.6 is 0 Å². The first-order valence-corrected chi connectivity index (χ1v) is 9.33. The van der Waals surface area contributed by atoms with Crippen LogP contribution in [0.1, 0.15) is 30.5 Å². The van der Waals surface area contributed by atoms with Gasteiger partial charge in [-0.2, -0.15) is 5.10 Å². The lowest BCUT2D eigenvalue weighted by atomic mass is 9.98. The number of nitrogens with zero attached hydrogens (tertiary/aromatic N) is 3. The van der Waals surface area contributed by atoms with E-state index in [1.165, 1.54) is 10.6 Å². The summed E-state index contributed by atoms with van der Waals surface area (Å²) in [6.45, 7) is 1.69. The number of fused-ring (bicyclic) bond motifs is 1. The third-order valence-corrected chi connectivity index (χ3v) is 5.80. The lowest BCUT2D eigenvalue weighted by Crippen LogP contribution is -2.39. The summed E-state index contributed by atoms with van der Waals surface area (Å²) in [4.78, 5) is 12.1. The maximum absolute atomic E-state index is 12.1. The van der Waals surface area contributed by atoms with E-state index in [4.69, 9.17) is 0 Å². The Kier molecular flexibility index (Phi) is 3.88. The van der Waals surface area contributed by atoms with Crippen LogP contribution in [0.3, 0.4) is 0 Å². The molecule has 0 bridgehead atoms. The van der Waals surface area contributed by atoms with Gasteiger partial charge in [0.1, 0.15) is 0 Å². The molecule has 0 spiro atoms. The topological polar surface area (TPSA) is 72.3 Å². The Morgan fingerprint density at radius 2 is 2.00 bits per heavy atom. The fourth-order valence-electron chi connectivity index (χ4n) is 3.24. The lowest BCUT2D eigenvalue weighted by Gasteiger charge is -2.30. The molecular formula is C14H21N3O3S. The van der Waals surface area contributed by atoms with E-state index >= 15 is 0 Å². The number of aryl methyl sites for hydroxylation is 2. The second-order valence-corrected chi connectivity index (χ2v) is 8.08. The Morgan fingerprint density at radius 3 is 2.67 bits per heavy atom. The van der Waals surface area contributed by atoms with E-state index in [1.54, 1.807) is 10.7 Å². The Bertz CT molecular complexity index is 688. The standard InChI is InChI=1S/C14H21N3O3S/c1-21(19,20)16-7-5-11(6-8-16)10-17-14(18)9-12-3-2-4-13(12)15-17/h9,11H,2-8,10H2,1H3. The van der Waals surface area contributed by atoms with Crippen molar-refractivity contribution in [3.05, 3.63) is 27.7 Å². The Labute approximate surface area is 124 Å². The molecule has 1 aromatic rings. The molecule has 1 fully saturated rings. The van der Waals surface area contributed by atoms with Gasteiger partial charge in [0.15, 0.2) is 0 Å². The number of sulfonamides is 1. The zero-order valence-corrected chi connectivity index (χ0v) is 13.1. The Balaban J connectivity index is 1.68. The molecule has 0 N–H and O–H groups in total. The molecule has 116 valence electrons. The van der Waals surface area contributed by atoms with Gasteiger partial charge in [0.2, 0.25) is 10.0 Å². The van der Waals surface area contributed by atoms with Gasteiger partial charge < -0.3 is 0 Å². The summed E-state index contributed by atoms with van der Waals surface area (Å²) in [7, 11) is -3.09. The monoisotopic (exact) mass is 311 g/mol. The molecule has 0 saturated carbocycles. The maximum atomic E-state index is 12.1. The number of piperidine rings is 1. The summed E-state index contributed by atoms with van der Waals surface area (Å²) in [6.07, 6.45) is 5.84. The second kappa shape index (κ2) is 5.53. The van der Waals surface area contributed by atoms with E-state index in [9.17, 15) is 13.2 Å². The van der Waals surface area contributed by atoms with Gasteiger partial charge in [-0.1, -0.05) is 0 Å². The number of hydrogen-bond acceptors (Lipinski definition) is 4. The van der Waals surface area contributed by atoms with Gasteiger partial charge in [0.25, 0.3) is 5.56 Å². The minimum atomic E-state index is -3.09. The van der Waals surface area contributed by atoms with Gasteiger partial charge >= 0.3 is 0 Å². The molecule has 7 heteroatoms. The molecule has 1 aliphatic carbocycles. The van der Waals surface area contributed by atoms with Crippen molar-refractivity contribution in [2.45, 2.75) is 38.6 Å². The van der Waals surface area contributed by atoms with Crippen molar-refractivity contribution < 1.29 is 8.42 Å². The highest BCUT2D eigenvalue weighted by Gasteiger charge is 2.25. The predicted octanol–water partition coefficient (Wildman–Crippen LogP) is 0.404. The van der Waals surface area contributed by atoms with Crippen molar-refractivity contribution in [3.63, 3.8) is 0 Å². The van der Waals surface area contributed by atoms with Gasteiger partial charge in [0, 0.05) is 25.7 Å². The summed E-state index contributed by atoms with van der Waals surface area (Å²) in [5.74, 6) is 0.327. The zero-order chi connectivity index (χ0) is 15.0. The minimum absolute atomic E-state index is 0.0267. The van der Waals surface area contributed by atoms with Crippen LogP contribution in [0, 0.1) is 5.92 Å². The van der Waals surface area contributed by atoms with E-state index in [2.05, 4.69) is 5.10 Å². The third-order valence-electron chi connectivity index (χ3n) is 4.50. The molecular weight excluding hydrogens is 290 g/mol. The number of rotatable bonds is 3. The summed E-state index contributed by atoms with van der Waals surface area (Å²) in [5.41, 5.74) is 2.13. The van der Waals surface area contributed by atoms with Crippen molar-refractivity contribution in [1.29, 1.82) is 0 Å². The molecule has 2 aliphatic rings. The highest BCUT2D eigenvalue weighted by Crippen LogP contribution is 2.21. The van der Waals surface area contributed by atoms with Crippen molar-refractivity contribution in [3.8, 4) is 0 Å². The predicted molar refractivity (Wildman–Crippen MR) is 79.7 cm³/mol. The summed E-state index contributed by atoms with van der Waals surface area (Å²) in [5, 5.41) is 4.49. The molecule has 1 aromatic heterocycles. The van der Waals surface area contributed by atoms with Crippen molar-refractivity contribution in [1.82, 2.24) is 14.1 Å². The highest BCUT2D eigenvalue weighted by molar-refractivity contribution is 7.88. The SMILES string of the molecule is CS(=O)(=O)N1CCC(Cn2nc3c(cc2=O)CCC3)CC1. The quantitative estimate of drug-likeness (QED) is 0.810. The lowest BCUT2D eigenvalue weighted by molar-refractivity contribution is 0.245. The smallest absolute Gasteiger partial charge is 0.267 e. The van der Waals surface area contributed by atoms with Gasteiger partial charge in [-0.15, -0.1) is 0 Å². The van der Waals surface area contributed by atoms with E-state index < -0.39 is 10.0 Å². The molecule has 0 radical (unpaired) electrons. The largest absolute Gasteiger partial charge is 0.268 e. The van der Waals surface area contributed by atoms with Crippen LogP contribution in [-0.2, 0) is 29.4 Å². The fourth-order valence-corrected chi connectivity index (χ4v) is 4.11. The van der Waals surface area contributed by atoms with Crippen LogP contribution in [0.4, 0.5) is 0 Å². The van der Waals surface area contributed by atoms with Crippen LogP contribution in [0.2, 0.25) is 0 Å². The molecule has 1 aliphatic heterocycles. The summed E-state index contributed by atoms with van der Waals surface area (Å²) < 4.78 is 26.1. The van der Waals surface area contributed by atoms with Crippen LogP contribution in [0.15, 0.2) is 10.9 Å². The van der Waals surface area contributed by atoms with Crippen molar-refractivity contribution in [2.75, 3.05) is 19.3 Å². The molecule has 1 saturated heterocycles. The molecule has 21 heavy (non-hydrogen) atoms. The zero-order valence-electron chi connectivity index (χ0n) is 12.3. The van der Waals surface area contributed by atoms with Gasteiger partial charge in [-0.05, 0) is 43.6 Å². The van der Waals surface area contributed by atoms with Crippen molar-refractivity contribution >= 4 is 10.0 Å². The van der Waals surface area contributed by atoms with Gasteiger partial charge in [-0.3, -0.25) is 4.79 Å². The first-order valence-electron chi connectivity index (χ1n) is 7.48. The van der Waals surface area contributed by atoms with Gasteiger partial charge in [-0.25, -0.2) is 17.4 Å². The second-order valence-electron chi connectivity index (χ2n) is 6.10. The molecule has 0 amide bonds. The molecule has 3 rings (SSSR count). The summed E-state index contributed by atoms with van der Waals surface area (Å²) in [6, 6.07) is 1.72. The minimum Gasteiger partial charge on any atom is -0.268 e. The van der Waals surface area contributed by atoms with E-state index in [1.807, 2.05) is 0 Å². The highest BCUT2D eigenvalue weighted by atomic mass is 32.2. The Morgan fingerprint density at radius 1 is 1.29 bits per heavy atom. The molecule has 0 aromatic carbocycles. The third kappa shape index (κ3) is 3.18. The first kappa shape index (κ1) is 14.7. The maximum Gasteiger partial charge on any atom is 0.267 e. The van der Waals surface area contributed by atoms with Crippen LogP contribution in [0.5, 0.6) is 0 Å². The Hall–Kier alpha value is -1.21. The van der Waals surface area contributed by atoms with Gasteiger partial charge in [0.05, 0.1) is 11.9 Å². The van der Waals surface area contributed by atoms with E-state index in [-0.39, 0.29) is 5.56 Å². The fraction of sp³-hybridized carbons (Fsp3) is 0.714. The first-order chi connectivity index (χ1) is 9.93. The van der Waals surface area contributed by atoms with E-state index in [0.29, 0.717) is 25.6 Å². The number of hydrogen-bond donors (Lipinski definition) is 0. The molecule has 0 unspecified atom stereocenters. The average Bonchev–Trinajstić information content (AvgIpc) is 2.86. The molecule has 0 atom stereocenters. The van der Waals surface area contributed by atoms with Crippen LogP contribution < -0.4 is 5.56 Å². The molecule has 6 nitrogen and oxygen atoms in total. The number of aromatic nitrogens is 2. The normalized spacial score (nSPS) is 20.6. The van der Waals surface area contributed by atoms with Crippen LogP contribution in [0.25, 0.3) is 0 Å². The molecule has 2 heterocycles. The average molecular weight is 311 g/mol. The van der Waals surface area contributed by atoms with E-state index in [0.717, 1.165) is 43.4 Å². The van der Waals surface area contributed by atoms with Crippen LogP contribution in [-0.4, -0.2) is 41.8 Å². The van der Waals surface area contributed by atoms with Crippen molar-refractivity contribution in [2.24, 2.45) is 5.92 Å². The summed E-state index contributed by atoms with van der Waals surface area (Å²) >= 11 is 0.